The summed E-state index contributed by atoms with van der Waals surface area (Å²) in [6.07, 6.45) is 0. The van der Waals surface area contributed by atoms with Gasteiger partial charge in [-0.05, 0) is 51.3 Å². The zero-order chi connectivity index (χ0) is 18.2. The van der Waals surface area contributed by atoms with Crippen LogP contribution >= 0.6 is 0 Å². The summed E-state index contributed by atoms with van der Waals surface area (Å²) in [4.78, 5) is 16.9. The molecule has 0 bridgehead atoms. The number of aliphatic imine (C=N–C) groups is 1. The van der Waals surface area contributed by atoms with Gasteiger partial charge in [0.2, 0.25) is 0 Å². The first kappa shape index (κ1) is 20.0. The normalized spacial score (nSPS) is 12.2. The van der Waals surface area contributed by atoms with Crippen molar-refractivity contribution >= 4 is 11.9 Å². The van der Waals surface area contributed by atoms with Crippen LogP contribution in [0.25, 0.3) is 0 Å². The van der Waals surface area contributed by atoms with Crippen LogP contribution in [0.3, 0.4) is 0 Å². The van der Waals surface area contributed by atoms with Crippen LogP contribution in [-0.2, 0) is 6.54 Å². The van der Waals surface area contributed by atoms with Crippen LogP contribution in [0.4, 0.5) is 0 Å². The average molecular weight is 332 g/mol. The zero-order valence-electron chi connectivity index (χ0n) is 15.9. The fourth-order valence-corrected chi connectivity index (χ4v) is 2.04. The topological polar surface area (TPSA) is 65.5 Å². The van der Waals surface area contributed by atoms with Gasteiger partial charge in [-0.1, -0.05) is 26.0 Å². The Morgan fingerprint density at radius 2 is 1.92 bits per heavy atom. The van der Waals surface area contributed by atoms with Crippen LogP contribution in [0, 0.1) is 5.92 Å². The smallest absolute Gasteiger partial charge is 0.251 e. The quantitative estimate of drug-likeness (QED) is 0.554. The second-order valence-corrected chi connectivity index (χ2v) is 7.37. The number of nitrogens with one attached hydrogen (secondary N) is 3. The van der Waals surface area contributed by atoms with Crippen LogP contribution in [0.5, 0.6) is 0 Å². The molecular formula is C19H32N4O. The third kappa shape index (κ3) is 7.99. The largest absolute Gasteiger partial charge is 0.357 e. The van der Waals surface area contributed by atoms with Gasteiger partial charge < -0.3 is 16.0 Å². The first-order chi connectivity index (χ1) is 11.2. The minimum Gasteiger partial charge on any atom is -0.357 e. The van der Waals surface area contributed by atoms with E-state index in [1.165, 1.54) is 0 Å². The van der Waals surface area contributed by atoms with Gasteiger partial charge in [0, 0.05) is 24.2 Å². The molecule has 1 amide bonds. The van der Waals surface area contributed by atoms with E-state index in [-0.39, 0.29) is 11.4 Å². The van der Waals surface area contributed by atoms with Crippen LogP contribution in [0.2, 0.25) is 0 Å². The Kier molecular flexibility index (Phi) is 7.75. The standard InChI is InChI=1S/C19H32N4O/c1-7-20-18(21-12-14(2)3)22-13-15-9-8-10-16(11-15)17(24)23-19(4,5)6/h8-11,14H,7,12-13H2,1-6H3,(H,23,24)(H2,20,21,22). The lowest BCUT2D eigenvalue weighted by molar-refractivity contribution is 0.0919. The minimum atomic E-state index is -0.246. The molecule has 1 rings (SSSR count). The van der Waals surface area contributed by atoms with Gasteiger partial charge in [-0.25, -0.2) is 4.99 Å². The Morgan fingerprint density at radius 3 is 2.50 bits per heavy atom. The molecule has 3 N–H and O–H groups in total. The maximum Gasteiger partial charge on any atom is 0.251 e. The molecule has 1 aromatic rings. The van der Waals surface area contributed by atoms with Crippen LogP contribution in [0.1, 0.15) is 57.5 Å². The molecular weight excluding hydrogens is 300 g/mol. The van der Waals surface area contributed by atoms with Gasteiger partial charge in [-0.2, -0.15) is 0 Å². The summed E-state index contributed by atoms with van der Waals surface area (Å²) >= 11 is 0. The number of hydrogen-bond donors (Lipinski definition) is 3. The summed E-state index contributed by atoms with van der Waals surface area (Å²) in [5, 5.41) is 9.54. The molecule has 5 heteroatoms. The van der Waals surface area contributed by atoms with Crippen LogP contribution < -0.4 is 16.0 Å². The van der Waals surface area contributed by atoms with Gasteiger partial charge >= 0.3 is 0 Å². The lowest BCUT2D eigenvalue weighted by Crippen LogP contribution is -2.40. The number of hydrogen-bond acceptors (Lipinski definition) is 2. The third-order valence-corrected chi connectivity index (χ3v) is 3.12. The average Bonchev–Trinajstić information content (AvgIpc) is 2.48. The highest BCUT2D eigenvalue weighted by Crippen LogP contribution is 2.09. The number of carbonyl (C=O) groups excluding carboxylic acids is 1. The molecule has 0 heterocycles. The van der Waals surface area contributed by atoms with Gasteiger partial charge in [-0.3, -0.25) is 4.79 Å². The molecule has 0 aliphatic heterocycles. The number of guanidine groups is 1. The SMILES string of the molecule is CCNC(=NCc1cccc(C(=O)NC(C)(C)C)c1)NCC(C)C. The Balaban J connectivity index is 2.78. The molecule has 0 aromatic heterocycles. The molecule has 5 nitrogen and oxygen atoms in total. The van der Waals surface area contributed by atoms with Crippen LogP contribution in [-0.4, -0.2) is 30.5 Å². The highest BCUT2D eigenvalue weighted by atomic mass is 16.1. The summed E-state index contributed by atoms with van der Waals surface area (Å²) in [5.74, 6) is 1.30. The van der Waals surface area contributed by atoms with E-state index in [2.05, 4.69) is 34.8 Å². The van der Waals surface area contributed by atoms with Crippen molar-refractivity contribution in [2.75, 3.05) is 13.1 Å². The minimum absolute atomic E-state index is 0.0573. The molecule has 0 saturated carbocycles. The molecule has 0 atom stereocenters. The van der Waals surface area contributed by atoms with E-state index in [1.54, 1.807) is 0 Å². The van der Waals surface area contributed by atoms with E-state index in [9.17, 15) is 4.79 Å². The van der Waals surface area contributed by atoms with E-state index in [0.717, 1.165) is 24.6 Å². The molecule has 134 valence electrons. The number of rotatable bonds is 6. The van der Waals surface area contributed by atoms with Gasteiger partial charge in [0.05, 0.1) is 6.54 Å². The maximum atomic E-state index is 12.3. The predicted molar refractivity (Wildman–Crippen MR) is 101 cm³/mol. The fourth-order valence-electron chi connectivity index (χ4n) is 2.04. The molecule has 0 spiro atoms. The molecule has 0 fully saturated rings. The molecule has 0 aliphatic carbocycles. The van der Waals surface area contributed by atoms with Gasteiger partial charge in [0.15, 0.2) is 5.96 Å². The van der Waals surface area contributed by atoms with Gasteiger partial charge in [-0.15, -0.1) is 0 Å². The molecule has 0 unspecified atom stereocenters. The molecule has 0 saturated heterocycles. The lowest BCUT2D eigenvalue weighted by atomic mass is 10.1. The Bertz CT molecular complexity index is 559. The van der Waals surface area contributed by atoms with Crippen molar-refractivity contribution in [2.45, 2.75) is 53.6 Å². The number of benzene rings is 1. The van der Waals surface area contributed by atoms with Crippen molar-refractivity contribution in [3.8, 4) is 0 Å². The Hall–Kier alpha value is -2.04. The first-order valence-corrected chi connectivity index (χ1v) is 8.65. The van der Waals surface area contributed by atoms with Gasteiger partial charge in [0.1, 0.15) is 0 Å². The molecule has 0 radical (unpaired) electrons. The van der Waals surface area contributed by atoms with Crippen molar-refractivity contribution in [3.05, 3.63) is 35.4 Å². The number of carbonyl (C=O) groups is 1. The lowest BCUT2D eigenvalue weighted by Gasteiger charge is -2.20. The monoisotopic (exact) mass is 332 g/mol. The third-order valence-electron chi connectivity index (χ3n) is 3.12. The van der Waals surface area contributed by atoms with E-state index >= 15 is 0 Å². The maximum absolute atomic E-state index is 12.3. The second-order valence-electron chi connectivity index (χ2n) is 7.37. The molecule has 1 aromatic carbocycles. The highest BCUT2D eigenvalue weighted by Gasteiger charge is 2.15. The van der Waals surface area contributed by atoms with E-state index < -0.39 is 0 Å². The van der Waals surface area contributed by atoms with Crippen molar-refractivity contribution in [3.63, 3.8) is 0 Å². The Labute approximate surface area is 146 Å². The highest BCUT2D eigenvalue weighted by molar-refractivity contribution is 5.94. The number of amides is 1. The van der Waals surface area contributed by atoms with Crippen molar-refractivity contribution < 1.29 is 4.79 Å². The summed E-state index contributed by atoms with van der Waals surface area (Å²) in [6.45, 7) is 14.5. The summed E-state index contributed by atoms with van der Waals surface area (Å²) in [7, 11) is 0. The second kappa shape index (κ2) is 9.30. The molecule has 0 aliphatic rings. The van der Waals surface area contributed by atoms with Crippen molar-refractivity contribution in [1.29, 1.82) is 0 Å². The predicted octanol–water partition coefficient (Wildman–Crippen LogP) is 2.93. The van der Waals surface area contributed by atoms with Crippen LogP contribution in [0.15, 0.2) is 29.3 Å². The zero-order valence-corrected chi connectivity index (χ0v) is 15.9. The summed E-state index contributed by atoms with van der Waals surface area (Å²) in [6, 6.07) is 7.62. The van der Waals surface area contributed by atoms with E-state index in [1.807, 2.05) is 52.0 Å². The van der Waals surface area contributed by atoms with E-state index in [0.29, 0.717) is 18.0 Å². The summed E-state index contributed by atoms with van der Waals surface area (Å²) < 4.78 is 0. The van der Waals surface area contributed by atoms with E-state index in [4.69, 9.17) is 0 Å². The van der Waals surface area contributed by atoms with Crippen molar-refractivity contribution in [2.24, 2.45) is 10.9 Å². The fraction of sp³-hybridized carbons (Fsp3) is 0.579. The molecule has 24 heavy (non-hydrogen) atoms. The Morgan fingerprint density at radius 1 is 1.21 bits per heavy atom. The number of nitrogens with zero attached hydrogens (tertiary/aromatic N) is 1. The van der Waals surface area contributed by atoms with Gasteiger partial charge in [0.25, 0.3) is 5.91 Å². The van der Waals surface area contributed by atoms with Crippen molar-refractivity contribution in [1.82, 2.24) is 16.0 Å². The first-order valence-electron chi connectivity index (χ1n) is 8.65. The summed E-state index contributed by atoms with van der Waals surface area (Å²) in [5.41, 5.74) is 1.43.